The van der Waals surface area contributed by atoms with Gasteiger partial charge in [0.05, 0.1) is 4.90 Å². The molecular formula is C21H21F3N2O2S. The molecule has 1 N–H and O–H groups in total. The molecule has 0 bridgehead atoms. The molecule has 1 atom stereocenters. The zero-order chi connectivity index (χ0) is 21.1. The van der Waals surface area contributed by atoms with Crippen LogP contribution in [0, 0.1) is 5.92 Å². The topological polar surface area (TPSA) is 58.5 Å². The first kappa shape index (κ1) is 21.3. The zero-order valence-corrected chi connectivity index (χ0v) is 16.6. The number of hydrogen-bond acceptors (Lipinski definition) is 3. The van der Waals surface area contributed by atoms with Crippen molar-refractivity contribution in [3.8, 4) is 0 Å². The fourth-order valence-electron chi connectivity index (χ4n) is 3.28. The molecule has 0 aromatic heterocycles. The molecule has 1 aliphatic heterocycles. The molecule has 0 aliphatic carbocycles. The zero-order valence-electron chi connectivity index (χ0n) is 15.8. The summed E-state index contributed by atoms with van der Waals surface area (Å²) in [6.07, 6.45) is -2.12. The van der Waals surface area contributed by atoms with Crippen molar-refractivity contribution in [2.75, 3.05) is 13.6 Å². The van der Waals surface area contributed by atoms with Crippen LogP contribution in [0.2, 0.25) is 0 Å². The molecule has 1 aliphatic rings. The Hall–Kier alpha value is -2.45. The van der Waals surface area contributed by atoms with E-state index >= 15 is 0 Å². The molecule has 3 rings (SSSR count). The molecule has 0 spiro atoms. The van der Waals surface area contributed by atoms with E-state index in [4.69, 9.17) is 0 Å². The molecule has 0 saturated heterocycles. The Morgan fingerprint density at radius 2 is 1.72 bits per heavy atom. The van der Waals surface area contributed by atoms with Gasteiger partial charge in [0.25, 0.3) is 0 Å². The van der Waals surface area contributed by atoms with Gasteiger partial charge in [0, 0.05) is 12.5 Å². The number of alkyl halides is 3. The lowest BCUT2D eigenvalue weighted by Gasteiger charge is -2.24. The van der Waals surface area contributed by atoms with Gasteiger partial charge in [0.1, 0.15) is 5.71 Å². The van der Waals surface area contributed by atoms with Crippen LogP contribution in [0.4, 0.5) is 13.2 Å². The van der Waals surface area contributed by atoms with Crippen LogP contribution >= 0.6 is 0 Å². The molecule has 0 saturated carbocycles. The highest BCUT2D eigenvalue weighted by Crippen LogP contribution is 2.33. The summed E-state index contributed by atoms with van der Waals surface area (Å²) in [5, 5.41) is 0. The Kier molecular flexibility index (Phi) is 6.24. The molecule has 4 nitrogen and oxygen atoms in total. The van der Waals surface area contributed by atoms with Gasteiger partial charge in [-0.05, 0) is 54.8 Å². The van der Waals surface area contributed by atoms with Gasteiger partial charge in [0.15, 0.2) is 0 Å². The Labute approximate surface area is 168 Å². The summed E-state index contributed by atoms with van der Waals surface area (Å²) in [5.74, 6) is -0.149. The summed E-state index contributed by atoms with van der Waals surface area (Å²) in [4.78, 5) is 3.93. The molecule has 154 valence electrons. The number of hydrogen-bond donors (Lipinski definition) is 1. The first-order valence-corrected chi connectivity index (χ1v) is 10.6. The SMILES string of the molecule is CNS(=O)(=O)c1ccc(CCC2CN=C(C(F)(F)F)C=C2c2ccccc2)cc1. The summed E-state index contributed by atoms with van der Waals surface area (Å²) in [6, 6.07) is 15.5. The lowest BCUT2D eigenvalue weighted by molar-refractivity contribution is -0.0580. The molecule has 1 heterocycles. The summed E-state index contributed by atoms with van der Waals surface area (Å²) in [6.45, 7) is 0.0712. The van der Waals surface area contributed by atoms with Gasteiger partial charge in [-0.3, -0.25) is 4.99 Å². The Balaban J connectivity index is 1.78. The van der Waals surface area contributed by atoms with E-state index in [0.717, 1.165) is 17.2 Å². The van der Waals surface area contributed by atoms with Crippen molar-refractivity contribution >= 4 is 21.3 Å². The first-order valence-electron chi connectivity index (χ1n) is 9.12. The highest BCUT2D eigenvalue weighted by atomic mass is 32.2. The molecule has 0 amide bonds. The minimum atomic E-state index is -4.47. The number of benzene rings is 2. The minimum Gasteiger partial charge on any atom is -0.280 e. The van der Waals surface area contributed by atoms with Crippen molar-refractivity contribution in [3.63, 3.8) is 0 Å². The van der Waals surface area contributed by atoms with Crippen molar-refractivity contribution in [2.45, 2.75) is 23.9 Å². The quantitative estimate of drug-likeness (QED) is 0.757. The number of halogens is 3. The molecule has 2 aromatic carbocycles. The molecule has 1 unspecified atom stereocenters. The van der Waals surface area contributed by atoms with Gasteiger partial charge in [0.2, 0.25) is 10.0 Å². The van der Waals surface area contributed by atoms with Crippen LogP contribution in [-0.4, -0.2) is 33.9 Å². The van der Waals surface area contributed by atoms with Gasteiger partial charge in [-0.2, -0.15) is 13.2 Å². The largest absolute Gasteiger partial charge is 0.432 e. The molecule has 8 heteroatoms. The van der Waals surface area contributed by atoms with Crippen molar-refractivity contribution in [1.82, 2.24) is 4.72 Å². The van der Waals surface area contributed by atoms with Crippen LogP contribution in [0.3, 0.4) is 0 Å². The van der Waals surface area contributed by atoms with E-state index in [9.17, 15) is 21.6 Å². The maximum atomic E-state index is 13.1. The molecule has 0 fully saturated rings. The number of sulfonamides is 1. The van der Waals surface area contributed by atoms with Crippen LogP contribution in [-0.2, 0) is 16.4 Å². The normalized spacial score (nSPS) is 17.6. The van der Waals surface area contributed by atoms with Gasteiger partial charge in [-0.1, -0.05) is 42.5 Å². The molecule has 0 radical (unpaired) electrons. The van der Waals surface area contributed by atoms with Gasteiger partial charge in [-0.25, -0.2) is 13.1 Å². The maximum absolute atomic E-state index is 13.1. The molecule has 2 aromatic rings. The van der Waals surface area contributed by atoms with Crippen LogP contribution in [0.5, 0.6) is 0 Å². The lowest BCUT2D eigenvalue weighted by Crippen LogP contribution is -2.27. The number of rotatable bonds is 6. The van der Waals surface area contributed by atoms with E-state index in [1.807, 2.05) is 6.07 Å². The Morgan fingerprint density at radius 3 is 2.31 bits per heavy atom. The van der Waals surface area contributed by atoms with E-state index < -0.39 is 21.9 Å². The summed E-state index contributed by atoms with van der Waals surface area (Å²) in [7, 11) is -2.15. The smallest absolute Gasteiger partial charge is 0.280 e. The third-order valence-electron chi connectivity index (χ3n) is 4.90. The van der Waals surface area contributed by atoms with E-state index in [0.29, 0.717) is 18.4 Å². The van der Waals surface area contributed by atoms with E-state index in [2.05, 4.69) is 9.71 Å². The first-order chi connectivity index (χ1) is 13.7. The van der Waals surface area contributed by atoms with Crippen molar-refractivity contribution in [2.24, 2.45) is 10.9 Å². The monoisotopic (exact) mass is 422 g/mol. The standard InChI is InChI=1S/C21H21F3N2O2S/c1-25-29(27,28)18-11-8-15(9-12-18)7-10-17-14-26-20(21(22,23)24)13-19(17)16-5-3-2-4-6-16/h2-6,8-9,11-13,17,25H,7,10,14H2,1H3. The third-order valence-corrected chi connectivity index (χ3v) is 6.33. The van der Waals surface area contributed by atoms with Crippen molar-refractivity contribution in [3.05, 3.63) is 71.8 Å². The average Bonchev–Trinajstić information content (AvgIpc) is 2.72. The Morgan fingerprint density at radius 1 is 1.07 bits per heavy atom. The van der Waals surface area contributed by atoms with E-state index in [1.165, 1.54) is 19.2 Å². The second kappa shape index (κ2) is 8.51. The van der Waals surface area contributed by atoms with Gasteiger partial charge < -0.3 is 0 Å². The number of nitrogens with zero attached hydrogens (tertiary/aromatic N) is 1. The summed E-state index contributed by atoms with van der Waals surface area (Å²) < 4.78 is 65.3. The number of allylic oxidation sites excluding steroid dienone is 1. The number of nitrogens with one attached hydrogen (secondary N) is 1. The highest BCUT2D eigenvalue weighted by Gasteiger charge is 2.37. The van der Waals surface area contributed by atoms with E-state index in [-0.39, 0.29) is 17.4 Å². The predicted octanol–water partition coefficient (Wildman–Crippen LogP) is 4.24. The second-order valence-corrected chi connectivity index (χ2v) is 8.66. The molecular weight excluding hydrogens is 401 g/mol. The third kappa shape index (κ3) is 5.13. The van der Waals surface area contributed by atoms with Gasteiger partial charge >= 0.3 is 6.18 Å². The van der Waals surface area contributed by atoms with Crippen LogP contribution < -0.4 is 4.72 Å². The number of aryl methyl sites for hydroxylation is 1. The predicted molar refractivity (Wildman–Crippen MR) is 107 cm³/mol. The second-order valence-electron chi connectivity index (χ2n) is 6.78. The fraction of sp³-hybridized carbons (Fsp3) is 0.286. The number of aliphatic imine (C=N–C) groups is 1. The van der Waals surface area contributed by atoms with E-state index in [1.54, 1.807) is 36.4 Å². The summed E-state index contributed by atoms with van der Waals surface area (Å²) >= 11 is 0. The maximum Gasteiger partial charge on any atom is 0.432 e. The minimum absolute atomic E-state index is 0.0712. The van der Waals surface area contributed by atoms with Crippen LogP contribution in [0.15, 0.2) is 70.6 Å². The average molecular weight is 422 g/mol. The van der Waals surface area contributed by atoms with Gasteiger partial charge in [-0.15, -0.1) is 0 Å². The number of dihydropyridines is 1. The van der Waals surface area contributed by atoms with Crippen LogP contribution in [0.25, 0.3) is 5.57 Å². The lowest BCUT2D eigenvalue weighted by atomic mass is 9.85. The van der Waals surface area contributed by atoms with Crippen molar-refractivity contribution in [1.29, 1.82) is 0 Å². The van der Waals surface area contributed by atoms with Crippen LogP contribution in [0.1, 0.15) is 17.5 Å². The Bertz CT molecular complexity index is 1010. The fourth-order valence-corrected chi connectivity index (χ4v) is 4.01. The summed E-state index contributed by atoms with van der Waals surface area (Å²) in [5.41, 5.74) is 1.44. The van der Waals surface area contributed by atoms with Crippen molar-refractivity contribution < 1.29 is 21.6 Å². The molecule has 29 heavy (non-hydrogen) atoms. The highest BCUT2D eigenvalue weighted by molar-refractivity contribution is 7.89.